The Kier molecular flexibility index (Phi) is 7.80. The van der Waals surface area contributed by atoms with E-state index in [1.165, 1.54) is 11.3 Å². The lowest BCUT2D eigenvalue weighted by atomic mass is 10.2. The molecule has 0 atom stereocenters. The normalized spacial score (nSPS) is 11.1. The average molecular weight is 422 g/mol. The van der Waals surface area contributed by atoms with Crippen LogP contribution in [0.1, 0.15) is 5.56 Å². The molecule has 0 N–H and O–H groups in total. The summed E-state index contributed by atoms with van der Waals surface area (Å²) in [6.45, 7) is 1.30. The first-order valence-corrected chi connectivity index (χ1v) is 9.48. The van der Waals surface area contributed by atoms with Crippen molar-refractivity contribution >= 4 is 62.7 Å². The number of rotatable bonds is 6. The van der Waals surface area contributed by atoms with Gasteiger partial charge < -0.3 is 4.90 Å². The van der Waals surface area contributed by atoms with Crippen LogP contribution in [0.5, 0.6) is 0 Å². The number of likely N-dealkylation sites (N-methyl/N-ethyl adjacent to an activating group) is 1. The average Bonchev–Trinajstić information content (AvgIpc) is 3.06. The maximum Gasteiger partial charge on any atom is 0.252 e. The second-order valence-electron chi connectivity index (χ2n) is 6.12. The second-order valence-corrected chi connectivity index (χ2v) is 7.54. The molecule has 0 aliphatic heterocycles. The summed E-state index contributed by atoms with van der Waals surface area (Å²) < 4.78 is 0.974. The summed E-state index contributed by atoms with van der Waals surface area (Å²) in [5, 5.41) is 1.27. The Morgan fingerprint density at radius 3 is 2.52 bits per heavy atom. The number of carbonyl (C=O) groups is 1. The maximum atomic E-state index is 12.8. The SMILES string of the molecule is CN(C)CCN(C(=O)C=Cc1ccccc1)c1nc2c(Cl)cccc2s1.Cl. The quantitative estimate of drug-likeness (QED) is 0.526. The summed E-state index contributed by atoms with van der Waals surface area (Å²) in [5.41, 5.74) is 1.73. The summed E-state index contributed by atoms with van der Waals surface area (Å²) in [6.07, 6.45) is 3.42. The van der Waals surface area contributed by atoms with Crippen molar-refractivity contribution in [1.29, 1.82) is 0 Å². The molecule has 1 amide bonds. The molecule has 7 heteroatoms. The zero-order valence-electron chi connectivity index (χ0n) is 15.1. The molecular formula is C20H21Cl2N3OS. The zero-order valence-corrected chi connectivity index (χ0v) is 17.5. The third-order valence-electron chi connectivity index (χ3n) is 3.84. The van der Waals surface area contributed by atoms with Crippen molar-refractivity contribution in [2.24, 2.45) is 0 Å². The van der Waals surface area contributed by atoms with E-state index in [0.29, 0.717) is 16.7 Å². The molecule has 0 spiro atoms. The highest BCUT2D eigenvalue weighted by molar-refractivity contribution is 7.22. The molecule has 0 fully saturated rings. The van der Waals surface area contributed by atoms with Crippen LogP contribution in [0.25, 0.3) is 16.3 Å². The molecule has 142 valence electrons. The molecule has 0 radical (unpaired) electrons. The number of anilines is 1. The molecule has 1 aromatic heterocycles. The van der Waals surface area contributed by atoms with Gasteiger partial charge in [-0.05, 0) is 37.9 Å². The van der Waals surface area contributed by atoms with E-state index in [0.717, 1.165) is 22.3 Å². The first kappa shape index (κ1) is 21.4. The largest absolute Gasteiger partial charge is 0.308 e. The Labute approximate surface area is 174 Å². The van der Waals surface area contributed by atoms with Crippen molar-refractivity contribution in [1.82, 2.24) is 9.88 Å². The van der Waals surface area contributed by atoms with E-state index in [9.17, 15) is 4.79 Å². The molecule has 0 unspecified atom stereocenters. The number of thiazole rings is 1. The van der Waals surface area contributed by atoms with Gasteiger partial charge in [-0.3, -0.25) is 9.69 Å². The summed E-state index contributed by atoms with van der Waals surface area (Å²) in [5.74, 6) is -0.0918. The number of carbonyl (C=O) groups excluding carboxylic acids is 1. The highest BCUT2D eigenvalue weighted by atomic mass is 35.5. The lowest BCUT2D eigenvalue weighted by Gasteiger charge is -2.20. The van der Waals surface area contributed by atoms with Crippen LogP contribution in [0.3, 0.4) is 0 Å². The lowest BCUT2D eigenvalue weighted by Crippen LogP contribution is -2.35. The van der Waals surface area contributed by atoms with E-state index in [1.807, 2.05) is 73.6 Å². The van der Waals surface area contributed by atoms with Gasteiger partial charge in [0, 0.05) is 19.2 Å². The first-order valence-electron chi connectivity index (χ1n) is 8.29. The fourth-order valence-electron chi connectivity index (χ4n) is 2.44. The third-order valence-corrected chi connectivity index (χ3v) is 5.19. The van der Waals surface area contributed by atoms with Gasteiger partial charge in [-0.2, -0.15) is 0 Å². The van der Waals surface area contributed by atoms with Crippen LogP contribution in [0, 0.1) is 0 Å². The van der Waals surface area contributed by atoms with Crippen LogP contribution < -0.4 is 4.90 Å². The van der Waals surface area contributed by atoms with Gasteiger partial charge in [0.05, 0.1) is 9.72 Å². The van der Waals surface area contributed by atoms with Crippen molar-refractivity contribution in [2.75, 3.05) is 32.1 Å². The minimum atomic E-state index is -0.0918. The molecule has 0 saturated heterocycles. The smallest absolute Gasteiger partial charge is 0.252 e. The van der Waals surface area contributed by atoms with Gasteiger partial charge in [0.25, 0.3) is 5.91 Å². The molecule has 0 saturated carbocycles. The summed E-state index contributed by atoms with van der Waals surface area (Å²) in [7, 11) is 3.97. The number of benzene rings is 2. The molecule has 0 aliphatic rings. The van der Waals surface area contributed by atoms with Crippen molar-refractivity contribution < 1.29 is 4.79 Å². The van der Waals surface area contributed by atoms with Crippen LogP contribution >= 0.6 is 35.3 Å². The number of nitrogens with zero attached hydrogens (tertiary/aromatic N) is 3. The Morgan fingerprint density at radius 1 is 1.11 bits per heavy atom. The minimum Gasteiger partial charge on any atom is -0.308 e. The Hall–Kier alpha value is -1.92. The Balaban J connectivity index is 0.00000261. The topological polar surface area (TPSA) is 36.4 Å². The second kappa shape index (κ2) is 9.85. The summed E-state index contributed by atoms with van der Waals surface area (Å²) in [6, 6.07) is 15.5. The molecule has 1 heterocycles. The number of para-hydroxylation sites is 1. The molecular weight excluding hydrogens is 401 g/mol. The molecule has 3 rings (SSSR count). The standard InChI is InChI=1S/C20H20ClN3OS.ClH/c1-23(2)13-14-24(18(25)12-11-15-7-4-3-5-8-15)20-22-19-16(21)9-6-10-17(19)26-20;/h3-12H,13-14H2,1-2H3;1H. The molecule has 0 bridgehead atoms. The molecule has 27 heavy (non-hydrogen) atoms. The molecule has 4 nitrogen and oxygen atoms in total. The first-order chi connectivity index (χ1) is 12.5. The maximum absolute atomic E-state index is 12.8. The van der Waals surface area contributed by atoms with Gasteiger partial charge in [-0.25, -0.2) is 4.98 Å². The number of aromatic nitrogens is 1. The third kappa shape index (κ3) is 5.53. The fraction of sp³-hybridized carbons (Fsp3) is 0.200. The van der Waals surface area contributed by atoms with Crippen LogP contribution in [-0.4, -0.2) is 43.0 Å². The van der Waals surface area contributed by atoms with Gasteiger partial charge in [0.15, 0.2) is 5.13 Å². The molecule has 2 aromatic carbocycles. The Morgan fingerprint density at radius 2 is 1.85 bits per heavy atom. The highest BCUT2D eigenvalue weighted by Gasteiger charge is 2.18. The molecule has 0 aliphatic carbocycles. The monoisotopic (exact) mass is 421 g/mol. The lowest BCUT2D eigenvalue weighted by molar-refractivity contribution is -0.114. The van der Waals surface area contributed by atoms with Gasteiger partial charge in [0.1, 0.15) is 5.52 Å². The summed E-state index contributed by atoms with van der Waals surface area (Å²) >= 11 is 7.72. The van der Waals surface area contributed by atoms with Crippen molar-refractivity contribution in [3.05, 3.63) is 65.2 Å². The van der Waals surface area contributed by atoms with E-state index >= 15 is 0 Å². The number of amides is 1. The van der Waals surface area contributed by atoms with Crippen molar-refractivity contribution in [3.8, 4) is 0 Å². The van der Waals surface area contributed by atoms with Crippen LogP contribution in [0.15, 0.2) is 54.6 Å². The number of fused-ring (bicyclic) bond motifs is 1. The van der Waals surface area contributed by atoms with E-state index < -0.39 is 0 Å². The van der Waals surface area contributed by atoms with Gasteiger partial charge >= 0.3 is 0 Å². The van der Waals surface area contributed by atoms with E-state index in [1.54, 1.807) is 11.0 Å². The number of hydrogen-bond donors (Lipinski definition) is 0. The van der Waals surface area contributed by atoms with Crippen molar-refractivity contribution in [2.45, 2.75) is 0 Å². The highest BCUT2D eigenvalue weighted by Crippen LogP contribution is 2.32. The van der Waals surface area contributed by atoms with E-state index in [4.69, 9.17) is 11.6 Å². The van der Waals surface area contributed by atoms with Crippen LogP contribution in [0.2, 0.25) is 5.02 Å². The van der Waals surface area contributed by atoms with E-state index in [2.05, 4.69) is 4.98 Å². The van der Waals surface area contributed by atoms with Crippen molar-refractivity contribution in [3.63, 3.8) is 0 Å². The summed E-state index contributed by atoms with van der Waals surface area (Å²) in [4.78, 5) is 21.2. The van der Waals surface area contributed by atoms with Gasteiger partial charge in [-0.15, -0.1) is 12.4 Å². The van der Waals surface area contributed by atoms with Crippen LogP contribution in [0.4, 0.5) is 5.13 Å². The van der Waals surface area contributed by atoms with Crippen LogP contribution in [-0.2, 0) is 4.79 Å². The fourth-order valence-corrected chi connectivity index (χ4v) is 3.74. The Bertz CT molecular complexity index is 925. The number of hydrogen-bond acceptors (Lipinski definition) is 4. The van der Waals surface area contributed by atoms with E-state index in [-0.39, 0.29) is 18.3 Å². The van der Waals surface area contributed by atoms with Gasteiger partial charge in [-0.1, -0.05) is 59.3 Å². The predicted molar refractivity (Wildman–Crippen MR) is 118 cm³/mol. The predicted octanol–water partition coefficient (Wildman–Crippen LogP) is 4.98. The molecule has 3 aromatic rings. The zero-order chi connectivity index (χ0) is 18.5. The minimum absolute atomic E-state index is 0. The van der Waals surface area contributed by atoms with Gasteiger partial charge in [0.2, 0.25) is 0 Å². The number of halogens is 2.